The number of phenols is 8. The zero-order valence-electron chi connectivity index (χ0n) is 32.8. The van der Waals surface area contributed by atoms with Crippen LogP contribution in [0.4, 0.5) is 0 Å². The molecule has 0 bridgehead atoms. The van der Waals surface area contributed by atoms with Crippen molar-refractivity contribution in [1.29, 1.82) is 0 Å². The van der Waals surface area contributed by atoms with Gasteiger partial charge in [-0.2, -0.15) is 0 Å². The number of hydrogen-bond donors (Lipinski definition) is 8. The lowest BCUT2D eigenvalue weighted by Crippen LogP contribution is -2.03. The molecule has 0 aliphatic carbocycles. The van der Waals surface area contributed by atoms with Gasteiger partial charge in [0.25, 0.3) is 0 Å². The summed E-state index contributed by atoms with van der Waals surface area (Å²) >= 11 is 0. The van der Waals surface area contributed by atoms with Crippen molar-refractivity contribution in [2.75, 3.05) is 0 Å². The summed E-state index contributed by atoms with van der Waals surface area (Å²) in [7, 11) is 0. The molecule has 0 unspecified atom stereocenters. The molecule has 0 heterocycles. The van der Waals surface area contributed by atoms with Crippen LogP contribution in [0.25, 0.3) is 43.1 Å². The van der Waals surface area contributed by atoms with E-state index in [0.29, 0.717) is 71.6 Å². The molecule has 0 saturated heterocycles. The van der Waals surface area contributed by atoms with E-state index in [4.69, 9.17) is 0 Å². The summed E-state index contributed by atoms with van der Waals surface area (Å²) in [6, 6.07) is 32.7. The van der Waals surface area contributed by atoms with Gasteiger partial charge in [-0.1, -0.05) is 134 Å². The minimum Gasteiger partial charge on any atom is -0.504 e. The molecule has 300 valence electrons. The van der Waals surface area contributed by atoms with E-state index in [1.807, 2.05) is 97.1 Å². The van der Waals surface area contributed by atoms with Crippen LogP contribution in [0.3, 0.4) is 0 Å². The quantitative estimate of drug-likeness (QED) is 0.0448. The normalized spacial score (nSPS) is 11.5. The van der Waals surface area contributed by atoms with E-state index in [-0.39, 0.29) is 84.5 Å². The van der Waals surface area contributed by atoms with Gasteiger partial charge in [0.05, 0.1) is 0 Å². The van der Waals surface area contributed by atoms with Gasteiger partial charge in [0, 0.05) is 33.4 Å². The highest BCUT2D eigenvalue weighted by molar-refractivity contribution is 5.96. The maximum Gasteiger partial charge on any atom is 0.161 e. The zero-order chi connectivity index (χ0) is 42.4. The molecule has 8 aromatic rings. The van der Waals surface area contributed by atoms with Gasteiger partial charge in [0.2, 0.25) is 0 Å². The number of fused-ring (bicyclic) bond motifs is 4. The van der Waals surface area contributed by atoms with E-state index >= 15 is 0 Å². The van der Waals surface area contributed by atoms with Gasteiger partial charge in [0.15, 0.2) is 46.0 Å². The topological polar surface area (TPSA) is 162 Å². The predicted molar refractivity (Wildman–Crippen MR) is 239 cm³/mol. The Bertz CT molecular complexity index is 2880. The van der Waals surface area contributed by atoms with E-state index in [0.717, 1.165) is 21.5 Å². The Morgan fingerprint density at radius 2 is 0.517 bits per heavy atom. The molecule has 8 rings (SSSR count). The molecule has 0 radical (unpaired) electrons. The van der Waals surface area contributed by atoms with Crippen LogP contribution in [0.1, 0.15) is 33.4 Å². The third-order valence-electron chi connectivity index (χ3n) is 11.5. The Kier molecular flexibility index (Phi) is 10.2. The molecule has 8 nitrogen and oxygen atoms in total. The second-order valence-corrected chi connectivity index (χ2v) is 15.6. The second-order valence-electron chi connectivity index (χ2n) is 15.6. The molecule has 0 amide bonds. The first-order chi connectivity index (χ1) is 28.8. The van der Waals surface area contributed by atoms with Gasteiger partial charge < -0.3 is 40.9 Å². The fraction of sp³-hybridized carbons (Fsp3) is 0.115. The number of allylic oxidation sites excluding steroid dienone is 3. The zero-order valence-corrected chi connectivity index (χ0v) is 32.8. The summed E-state index contributed by atoms with van der Waals surface area (Å²) in [5, 5.41) is 94.6. The maximum atomic E-state index is 11.6. The van der Waals surface area contributed by atoms with Crippen LogP contribution in [0.5, 0.6) is 46.0 Å². The summed E-state index contributed by atoms with van der Waals surface area (Å²) in [6.45, 7) is 12.8. The van der Waals surface area contributed by atoms with Crippen LogP contribution in [0, 0.1) is 0 Å². The van der Waals surface area contributed by atoms with Crippen LogP contribution in [-0.2, 0) is 38.5 Å². The molecule has 0 aliphatic rings. The molecule has 0 saturated carbocycles. The van der Waals surface area contributed by atoms with E-state index in [9.17, 15) is 40.9 Å². The first-order valence-corrected chi connectivity index (χ1v) is 19.6. The third-order valence-corrected chi connectivity index (χ3v) is 11.5. The number of benzene rings is 8. The van der Waals surface area contributed by atoms with Gasteiger partial charge in [-0.25, -0.2) is 0 Å². The number of phenolic OH excluding ortho intramolecular Hbond substituents is 8. The average molecular weight is 797 g/mol. The molecule has 0 spiro atoms. The fourth-order valence-corrected chi connectivity index (χ4v) is 8.65. The van der Waals surface area contributed by atoms with Crippen LogP contribution in [0.2, 0.25) is 0 Å². The Morgan fingerprint density at radius 1 is 0.300 bits per heavy atom. The van der Waals surface area contributed by atoms with Gasteiger partial charge in [-0.05, 0) is 93.7 Å². The first kappa shape index (κ1) is 39.3. The third kappa shape index (κ3) is 7.02. The molecule has 8 aromatic carbocycles. The lowest BCUT2D eigenvalue weighted by Gasteiger charge is -2.20. The van der Waals surface area contributed by atoms with Crippen molar-refractivity contribution in [3.8, 4) is 46.0 Å². The van der Waals surface area contributed by atoms with Crippen molar-refractivity contribution in [1.82, 2.24) is 0 Å². The minimum atomic E-state index is -0.306. The lowest BCUT2D eigenvalue weighted by atomic mass is 9.87. The van der Waals surface area contributed by atoms with Gasteiger partial charge >= 0.3 is 0 Å². The van der Waals surface area contributed by atoms with E-state index < -0.39 is 0 Å². The molecular formula is C52H44O8. The Balaban J connectivity index is 1.07. The summed E-state index contributed by atoms with van der Waals surface area (Å²) in [4.78, 5) is 0. The standard InChI is InChI=1S/C52H44O8/c1-28(20-39-33-14-6-4-12-31(33)26-45(53)47(39)55)22-41-35-16-8-10-18-37(35)43(51(59)49(41)57)24-30(3)25-44-38-19-11-9-17-36(38)42(50(58)52(44)60)23-29(2)21-40-34-15-7-5-13-32(34)27-46(54)48(40)56/h4-19,26-27,53-60H,1-3,20-25H2. The van der Waals surface area contributed by atoms with Crippen molar-refractivity contribution in [2.45, 2.75) is 38.5 Å². The molecular weight excluding hydrogens is 753 g/mol. The molecule has 0 aromatic heterocycles. The highest BCUT2D eigenvalue weighted by atomic mass is 16.3. The molecule has 8 N–H and O–H groups in total. The highest BCUT2D eigenvalue weighted by Crippen LogP contribution is 2.46. The van der Waals surface area contributed by atoms with Crippen LogP contribution >= 0.6 is 0 Å². The van der Waals surface area contributed by atoms with Gasteiger partial charge in [0.1, 0.15) is 0 Å². The van der Waals surface area contributed by atoms with Gasteiger partial charge in [-0.15, -0.1) is 0 Å². The summed E-state index contributed by atoms with van der Waals surface area (Å²) in [6.07, 6.45) is 1.05. The molecule has 8 heteroatoms. The number of rotatable bonds is 12. The van der Waals surface area contributed by atoms with E-state index in [2.05, 4.69) is 19.7 Å². The van der Waals surface area contributed by atoms with Crippen LogP contribution in [0.15, 0.2) is 146 Å². The largest absolute Gasteiger partial charge is 0.504 e. The van der Waals surface area contributed by atoms with Crippen molar-refractivity contribution in [2.24, 2.45) is 0 Å². The summed E-state index contributed by atoms with van der Waals surface area (Å²) < 4.78 is 0. The average Bonchev–Trinajstić information content (AvgIpc) is 3.24. The Morgan fingerprint density at radius 3 is 0.783 bits per heavy atom. The van der Waals surface area contributed by atoms with Crippen molar-refractivity contribution < 1.29 is 40.9 Å². The van der Waals surface area contributed by atoms with E-state index in [1.165, 1.54) is 12.1 Å². The first-order valence-electron chi connectivity index (χ1n) is 19.6. The van der Waals surface area contributed by atoms with Gasteiger partial charge in [-0.3, -0.25) is 0 Å². The summed E-state index contributed by atoms with van der Waals surface area (Å²) in [5.41, 5.74) is 4.72. The van der Waals surface area contributed by atoms with Crippen molar-refractivity contribution in [3.05, 3.63) is 179 Å². The minimum absolute atomic E-state index is 0.138. The SMILES string of the molecule is C=C(Cc1c(O)c(O)cc2ccccc12)Cc1c(O)c(O)c(CC(=C)Cc2c(O)c(O)c(CC(=C)Cc3c(O)c(O)cc4ccccc34)c3ccccc23)c2ccccc12. The lowest BCUT2D eigenvalue weighted by molar-refractivity contribution is 0.396. The maximum absolute atomic E-state index is 11.6. The second kappa shape index (κ2) is 15.6. The van der Waals surface area contributed by atoms with Crippen LogP contribution < -0.4 is 0 Å². The Hall–Kier alpha value is -7.58. The monoisotopic (exact) mass is 796 g/mol. The molecule has 0 fully saturated rings. The molecule has 0 atom stereocenters. The van der Waals surface area contributed by atoms with Crippen LogP contribution in [-0.4, -0.2) is 40.9 Å². The Labute approximate surface area is 346 Å². The smallest absolute Gasteiger partial charge is 0.161 e. The number of hydrogen-bond acceptors (Lipinski definition) is 8. The fourth-order valence-electron chi connectivity index (χ4n) is 8.65. The summed E-state index contributed by atoms with van der Waals surface area (Å²) in [5.74, 6) is -2.14. The van der Waals surface area contributed by atoms with Crippen molar-refractivity contribution >= 4 is 43.1 Å². The molecule has 0 aliphatic heterocycles. The molecule has 60 heavy (non-hydrogen) atoms. The van der Waals surface area contributed by atoms with E-state index in [1.54, 1.807) is 0 Å². The van der Waals surface area contributed by atoms with Crippen molar-refractivity contribution in [3.63, 3.8) is 0 Å². The highest BCUT2D eigenvalue weighted by Gasteiger charge is 2.24. The number of aromatic hydroxyl groups is 8. The predicted octanol–water partition coefficient (Wildman–Crippen LogP) is 11.0.